The van der Waals surface area contributed by atoms with E-state index >= 15 is 0 Å². The summed E-state index contributed by atoms with van der Waals surface area (Å²) >= 11 is 0. The van der Waals surface area contributed by atoms with Gasteiger partial charge in [-0.1, -0.05) is 25.7 Å². The first-order valence-electron chi connectivity index (χ1n) is 8.21. The molecule has 3 rings (SSSR count). The smallest absolute Gasteiger partial charge is 0.222 e. The third-order valence-electron chi connectivity index (χ3n) is 5.61. The molecule has 20 heavy (non-hydrogen) atoms. The molecule has 112 valence electrons. The van der Waals surface area contributed by atoms with Crippen LogP contribution >= 0.6 is 0 Å². The Hall–Kier alpha value is -1.06. The number of nitrogens with one attached hydrogen (secondary N) is 1. The monoisotopic (exact) mass is 278 g/mol. The Kier molecular flexibility index (Phi) is 3.99. The first-order valence-corrected chi connectivity index (χ1v) is 8.21. The van der Waals surface area contributed by atoms with Crippen molar-refractivity contribution in [2.75, 3.05) is 19.6 Å². The van der Waals surface area contributed by atoms with E-state index in [2.05, 4.69) is 5.32 Å². The van der Waals surface area contributed by atoms with Crippen molar-refractivity contribution < 1.29 is 9.59 Å². The van der Waals surface area contributed by atoms with E-state index in [1.165, 1.54) is 25.7 Å². The first kappa shape index (κ1) is 13.9. The van der Waals surface area contributed by atoms with Crippen molar-refractivity contribution in [2.45, 2.75) is 57.8 Å². The molecule has 3 fully saturated rings. The van der Waals surface area contributed by atoms with E-state index in [9.17, 15) is 9.59 Å². The highest BCUT2D eigenvalue weighted by Crippen LogP contribution is 2.37. The summed E-state index contributed by atoms with van der Waals surface area (Å²) < 4.78 is 0. The standard InChI is InChI=1S/C16H26N2O2/c19-14-11-16(12-17-14)7-9-18(10-8-16)15(20)6-5-13-3-1-2-4-13/h13H,1-12H2,(H,17,19). The lowest BCUT2D eigenvalue weighted by molar-refractivity contribution is -0.133. The van der Waals surface area contributed by atoms with E-state index in [0.717, 1.165) is 51.2 Å². The first-order chi connectivity index (χ1) is 9.67. The Bertz CT molecular complexity index is 380. The maximum absolute atomic E-state index is 12.3. The van der Waals surface area contributed by atoms with E-state index in [1.807, 2.05) is 4.90 Å². The SMILES string of the molecule is O=C1CC2(CCN(C(=O)CCC3CCCC3)CC2)CN1. The summed E-state index contributed by atoms with van der Waals surface area (Å²) in [6, 6.07) is 0. The van der Waals surface area contributed by atoms with Gasteiger partial charge in [0.05, 0.1) is 0 Å². The van der Waals surface area contributed by atoms with Gasteiger partial charge in [-0.3, -0.25) is 9.59 Å². The highest BCUT2D eigenvalue weighted by Gasteiger charge is 2.41. The maximum Gasteiger partial charge on any atom is 0.222 e. The minimum Gasteiger partial charge on any atom is -0.356 e. The molecule has 0 aromatic carbocycles. The van der Waals surface area contributed by atoms with Crippen molar-refractivity contribution in [1.82, 2.24) is 10.2 Å². The van der Waals surface area contributed by atoms with Crippen LogP contribution in [0.5, 0.6) is 0 Å². The molecule has 1 spiro atoms. The van der Waals surface area contributed by atoms with Crippen LogP contribution in [0.3, 0.4) is 0 Å². The fraction of sp³-hybridized carbons (Fsp3) is 0.875. The van der Waals surface area contributed by atoms with Crippen LogP contribution < -0.4 is 5.32 Å². The zero-order valence-electron chi connectivity index (χ0n) is 12.3. The predicted molar refractivity (Wildman–Crippen MR) is 77.1 cm³/mol. The second kappa shape index (κ2) is 5.74. The molecule has 0 bridgehead atoms. The van der Waals surface area contributed by atoms with Crippen LogP contribution in [0.25, 0.3) is 0 Å². The average Bonchev–Trinajstić information content (AvgIpc) is 3.08. The summed E-state index contributed by atoms with van der Waals surface area (Å²) in [5.74, 6) is 1.32. The molecule has 4 heteroatoms. The maximum atomic E-state index is 12.3. The lowest BCUT2D eigenvalue weighted by Crippen LogP contribution is -2.44. The lowest BCUT2D eigenvalue weighted by Gasteiger charge is -2.38. The summed E-state index contributed by atoms with van der Waals surface area (Å²) in [5, 5.41) is 2.94. The molecule has 1 aliphatic carbocycles. The van der Waals surface area contributed by atoms with Gasteiger partial charge in [-0.05, 0) is 30.6 Å². The van der Waals surface area contributed by atoms with Gasteiger partial charge >= 0.3 is 0 Å². The summed E-state index contributed by atoms with van der Waals surface area (Å²) in [4.78, 5) is 25.7. The average molecular weight is 278 g/mol. The van der Waals surface area contributed by atoms with E-state index < -0.39 is 0 Å². The van der Waals surface area contributed by atoms with Crippen LogP contribution in [-0.2, 0) is 9.59 Å². The summed E-state index contributed by atoms with van der Waals surface area (Å²) in [6.07, 6.45) is 9.81. The summed E-state index contributed by atoms with van der Waals surface area (Å²) in [5.41, 5.74) is 0.152. The molecule has 1 saturated carbocycles. The number of carbonyl (C=O) groups is 2. The molecule has 2 aliphatic heterocycles. The van der Waals surface area contributed by atoms with Gasteiger partial charge in [-0.15, -0.1) is 0 Å². The second-order valence-electron chi connectivity index (χ2n) is 7.02. The molecular weight excluding hydrogens is 252 g/mol. The van der Waals surface area contributed by atoms with Crippen LogP contribution in [-0.4, -0.2) is 36.3 Å². The number of likely N-dealkylation sites (tertiary alicyclic amines) is 1. The van der Waals surface area contributed by atoms with Gasteiger partial charge in [0, 0.05) is 32.5 Å². The minimum absolute atomic E-state index is 0.152. The van der Waals surface area contributed by atoms with Crippen molar-refractivity contribution >= 4 is 11.8 Å². The number of hydrogen-bond donors (Lipinski definition) is 1. The Morgan fingerprint density at radius 3 is 2.55 bits per heavy atom. The van der Waals surface area contributed by atoms with Crippen molar-refractivity contribution in [3.05, 3.63) is 0 Å². The van der Waals surface area contributed by atoms with Gasteiger partial charge < -0.3 is 10.2 Å². The molecule has 0 radical (unpaired) electrons. The van der Waals surface area contributed by atoms with Crippen LogP contribution in [0.2, 0.25) is 0 Å². The van der Waals surface area contributed by atoms with Crippen molar-refractivity contribution in [1.29, 1.82) is 0 Å². The van der Waals surface area contributed by atoms with Crippen LogP contribution in [0, 0.1) is 11.3 Å². The third-order valence-corrected chi connectivity index (χ3v) is 5.61. The van der Waals surface area contributed by atoms with Gasteiger partial charge in [0.15, 0.2) is 0 Å². The lowest BCUT2D eigenvalue weighted by atomic mass is 9.77. The molecule has 0 atom stereocenters. The van der Waals surface area contributed by atoms with Crippen molar-refractivity contribution in [3.63, 3.8) is 0 Å². The highest BCUT2D eigenvalue weighted by molar-refractivity contribution is 5.79. The Balaban J connectivity index is 1.43. The molecule has 2 saturated heterocycles. The van der Waals surface area contributed by atoms with Gasteiger partial charge in [-0.2, -0.15) is 0 Å². The topological polar surface area (TPSA) is 49.4 Å². The van der Waals surface area contributed by atoms with E-state index in [-0.39, 0.29) is 11.3 Å². The van der Waals surface area contributed by atoms with Crippen LogP contribution in [0.4, 0.5) is 0 Å². The number of rotatable bonds is 3. The van der Waals surface area contributed by atoms with E-state index in [1.54, 1.807) is 0 Å². The van der Waals surface area contributed by atoms with Crippen molar-refractivity contribution in [2.24, 2.45) is 11.3 Å². The number of amides is 2. The number of carbonyl (C=O) groups excluding carboxylic acids is 2. The Morgan fingerprint density at radius 2 is 1.95 bits per heavy atom. The quantitative estimate of drug-likeness (QED) is 0.859. The molecule has 0 aromatic heterocycles. The minimum atomic E-state index is 0.152. The van der Waals surface area contributed by atoms with Gasteiger partial charge in [0.2, 0.25) is 11.8 Å². The zero-order chi connectivity index (χ0) is 14.0. The Labute approximate surface area is 121 Å². The summed E-state index contributed by atoms with van der Waals surface area (Å²) in [6.45, 7) is 2.51. The molecule has 2 amide bonds. The van der Waals surface area contributed by atoms with E-state index in [0.29, 0.717) is 12.3 Å². The largest absolute Gasteiger partial charge is 0.356 e. The van der Waals surface area contributed by atoms with Gasteiger partial charge in [0.1, 0.15) is 0 Å². The normalized spacial score (nSPS) is 26.2. The molecular formula is C16H26N2O2. The summed E-state index contributed by atoms with van der Waals surface area (Å²) in [7, 11) is 0. The fourth-order valence-electron chi connectivity index (χ4n) is 4.12. The van der Waals surface area contributed by atoms with Crippen molar-refractivity contribution in [3.8, 4) is 0 Å². The fourth-order valence-corrected chi connectivity index (χ4v) is 4.12. The van der Waals surface area contributed by atoms with E-state index in [4.69, 9.17) is 0 Å². The van der Waals surface area contributed by atoms with Gasteiger partial charge in [0.25, 0.3) is 0 Å². The molecule has 4 nitrogen and oxygen atoms in total. The third kappa shape index (κ3) is 2.99. The van der Waals surface area contributed by atoms with Crippen LogP contribution in [0.1, 0.15) is 57.8 Å². The molecule has 1 N–H and O–H groups in total. The number of hydrogen-bond acceptors (Lipinski definition) is 2. The second-order valence-corrected chi connectivity index (χ2v) is 7.02. The molecule has 2 heterocycles. The van der Waals surface area contributed by atoms with Gasteiger partial charge in [-0.25, -0.2) is 0 Å². The number of nitrogens with zero attached hydrogens (tertiary/aromatic N) is 1. The molecule has 0 aromatic rings. The predicted octanol–water partition coefficient (Wildman–Crippen LogP) is 2.09. The zero-order valence-corrected chi connectivity index (χ0v) is 12.3. The Morgan fingerprint density at radius 1 is 1.25 bits per heavy atom. The highest BCUT2D eigenvalue weighted by atomic mass is 16.2. The van der Waals surface area contributed by atoms with Crippen LogP contribution in [0.15, 0.2) is 0 Å². The molecule has 3 aliphatic rings. The molecule has 0 unspecified atom stereocenters. The number of piperidine rings is 1.